The highest BCUT2D eigenvalue weighted by atomic mass is 32.2. The molecule has 1 saturated heterocycles. The van der Waals surface area contributed by atoms with Crippen LogP contribution < -0.4 is 5.32 Å². The zero-order valence-corrected chi connectivity index (χ0v) is 16.7. The summed E-state index contributed by atoms with van der Waals surface area (Å²) in [6.07, 6.45) is 0.0827. The summed E-state index contributed by atoms with van der Waals surface area (Å²) in [5, 5.41) is 1.71. The zero-order chi connectivity index (χ0) is 20.5. The number of anilines is 1. The van der Waals surface area contributed by atoms with Gasteiger partial charge in [-0.25, -0.2) is 16.8 Å². The van der Waals surface area contributed by atoms with E-state index in [1.165, 1.54) is 31.2 Å². The lowest BCUT2D eigenvalue weighted by Crippen LogP contribution is -2.22. The second kappa shape index (κ2) is 7.48. The van der Waals surface area contributed by atoms with Crippen molar-refractivity contribution in [2.75, 3.05) is 16.8 Å². The van der Waals surface area contributed by atoms with E-state index < -0.39 is 30.8 Å². The van der Waals surface area contributed by atoms with Crippen molar-refractivity contribution in [1.29, 1.82) is 0 Å². The van der Waals surface area contributed by atoms with Crippen molar-refractivity contribution in [1.82, 2.24) is 0 Å². The van der Waals surface area contributed by atoms with Crippen molar-refractivity contribution in [3.8, 4) is 0 Å². The molecule has 1 N–H and O–H groups in total. The predicted molar refractivity (Wildman–Crippen MR) is 105 cm³/mol. The molecule has 1 aliphatic rings. The van der Waals surface area contributed by atoms with Gasteiger partial charge in [-0.15, -0.1) is 0 Å². The van der Waals surface area contributed by atoms with Crippen molar-refractivity contribution < 1.29 is 26.4 Å². The number of carbonyl (C=O) groups excluding carboxylic acids is 2. The molecule has 7 nitrogen and oxygen atoms in total. The maximum Gasteiger partial charge on any atom is 0.255 e. The van der Waals surface area contributed by atoms with Gasteiger partial charge in [0.25, 0.3) is 5.91 Å². The van der Waals surface area contributed by atoms with Gasteiger partial charge in [-0.2, -0.15) is 0 Å². The lowest BCUT2D eigenvalue weighted by Gasteiger charge is -2.11. The Morgan fingerprint density at radius 2 is 1.71 bits per heavy atom. The first-order chi connectivity index (χ1) is 13.1. The molecule has 0 saturated carbocycles. The number of nitrogens with one attached hydrogen (secondary N) is 1. The van der Waals surface area contributed by atoms with Crippen LogP contribution in [0.5, 0.6) is 0 Å². The average molecular weight is 421 g/mol. The van der Waals surface area contributed by atoms with Crippen molar-refractivity contribution in [2.45, 2.75) is 23.5 Å². The van der Waals surface area contributed by atoms with Crippen LogP contribution in [-0.2, 0) is 19.7 Å². The quantitative estimate of drug-likeness (QED) is 0.740. The number of ketones is 1. The molecule has 1 atom stereocenters. The van der Waals surface area contributed by atoms with Crippen LogP contribution in [0.15, 0.2) is 53.4 Å². The van der Waals surface area contributed by atoms with Crippen LogP contribution in [-0.4, -0.2) is 45.3 Å². The molecule has 0 spiro atoms. The van der Waals surface area contributed by atoms with E-state index in [-0.39, 0.29) is 34.2 Å². The van der Waals surface area contributed by atoms with Crippen molar-refractivity contribution >= 4 is 37.1 Å². The number of Topliss-reactive ketones (excluding diaryl/α,β-unsaturated/α-hetero) is 1. The normalized spacial score (nSPS) is 18.5. The van der Waals surface area contributed by atoms with Gasteiger partial charge in [0.2, 0.25) is 0 Å². The molecule has 0 bridgehead atoms. The summed E-state index contributed by atoms with van der Waals surface area (Å²) < 4.78 is 48.3. The number of sulfone groups is 2. The summed E-state index contributed by atoms with van der Waals surface area (Å²) in [4.78, 5) is 23.8. The molecule has 1 amide bonds. The van der Waals surface area contributed by atoms with E-state index >= 15 is 0 Å². The summed E-state index contributed by atoms with van der Waals surface area (Å²) in [6, 6.07) is 11.9. The molecule has 1 aliphatic heterocycles. The monoisotopic (exact) mass is 421 g/mol. The number of amides is 1. The van der Waals surface area contributed by atoms with Gasteiger partial charge in [0.05, 0.1) is 21.7 Å². The Morgan fingerprint density at radius 3 is 2.29 bits per heavy atom. The third-order valence-electron chi connectivity index (χ3n) is 4.60. The first kappa shape index (κ1) is 20.2. The van der Waals surface area contributed by atoms with E-state index in [0.717, 1.165) is 0 Å². The van der Waals surface area contributed by atoms with Crippen LogP contribution in [0.3, 0.4) is 0 Å². The van der Waals surface area contributed by atoms with Gasteiger partial charge in [0.15, 0.2) is 25.5 Å². The molecular formula is C19H19NO6S2. The highest BCUT2D eigenvalue weighted by molar-refractivity contribution is 7.96. The van der Waals surface area contributed by atoms with Gasteiger partial charge < -0.3 is 5.32 Å². The highest BCUT2D eigenvalue weighted by Gasteiger charge is 2.37. The minimum Gasteiger partial charge on any atom is -0.322 e. The molecule has 3 rings (SSSR count). The molecule has 2 aromatic rings. The van der Waals surface area contributed by atoms with Crippen LogP contribution in [0.25, 0.3) is 0 Å². The van der Waals surface area contributed by atoms with E-state index in [1.807, 2.05) is 0 Å². The first-order valence-corrected chi connectivity index (χ1v) is 11.9. The topological polar surface area (TPSA) is 114 Å². The van der Waals surface area contributed by atoms with Gasteiger partial charge in [-0.05, 0) is 49.7 Å². The maximum absolute atomic E-state index is 12.6. The highest BCUT2D eigenvalue weighted by Crippen LogP contribution is 2.25. The van der Waals surface area contributed by atoms with E-state index in [9.17, 15) is 26.4 Å². The van der Waals surface area contributed by atoms with Gasteiger partial charge in [0.1, 0.15) is 0 Å². The molecule has 9 heteroatoms. The fourth-order valence-electron chi connectivity index (χ4n) is 3.01. The fourth-order valence-corrected chi connectivity index (χ4v) is 7.37. The van der Waals surface area contributed by atoms with Crippen LogP contribution in [0, 0.1) is 0 Å². The maximum atomic E-state index is 12.6. The van der Waals surface area contributed by atoms with Crippen molar-refractivity contribution in [3.63, 3.8) is 0 Å². The number of carbonyl (C=O) groups is 2. The van der Waals surface area contributed by atoms with Gasteiger partial charge >= 0.3 is 0 Å². The molecule has 1 fully saturated rings. The Morgan fingerprint density at radius 1 is 1.04 bits per heavy atom. The second-order valence-electron chi connectivity index (χ2n) is 6.69. The summed E-state index contributed by atoms with van der Waals surface area (Å²) in [6.45, 7) is 1.43. The standard InChI is InChI=1S/C19H19NO6S2/c1-13(21)15-3-2-4-16(11-15)20-19(22)14-5-7-17(8-6-14)28(25,26)18-9-10-27(23,24)12-18/h2-8,11,18H,9-10,12H2,1H3,(H,20,22)/t18-/m0/s1. The number of rotatable bonds is 5. The minimum absolute atomic E-state index is 0.00951. The lowest BCUT2D eigenvalue weighted by atomic mass is 10.1. The molecule has 0 aromatic heterocycles. The largest absolute Gasteiger partial charge is 0.322 e. The summed E-state index contributed by atoms with van der Waals surface area (Å²) in [5.41, 5.74) is 1.16. The fraction of sp³-hybridized carbons (Fsp3) is 0.263. The van der Waals surface area contributed by atoms with Crippen LogP contribution in [0.4, 0.5) is 5.69 Å². The summed E-state index contributed by atoms with van der Waals surface area (Å²) in [5.74, 6) is -1.08. The molecule has 0 radical (unpaired) electrons. The molecule has 28 heavy (non-hydrogen) atoms. The second-order valence-corrected chi connectivity index (χ2v) is 11.1. The Balaban J connectivity index is 1.76. The van der Waals surface area contributed by atoms with Gasteiger partial charge in [-0.3, -0.25) is 9.59 Å². The van der Waals surface area contributed by atoms with Crippen molar-refractivity contribution in [2.24, 2.45) is 0 Å². The molecule has 0 aliphatic carbocycles. The van der Waals surface area contributed by atoms with E-state index in [1.54, 1.807) is 24.3 Å². The smallest absolute Gasteiger partial charge is 0.255 e. The molecule has 0 unspecified atom stereocenters. The first-order valence-electron chi connectivity index (χ1n) is 8.55. The van der Waals surface area contributed by atoms with Crippen LogP contribution >= 0.6 is 0 Å². The molecular weight excluding hydrogens is 402 g/mol. The Hall–Kier alpha value is -2.52. The van der Waals surface area contributed by atoms with Crippen LogP contribution in [0.2, 0.25) is 0 Å². The van der Waals surface area contributed by atoms with Gasteiger partial charge in [0, 0.05) is 16.8 Å². The van der Waals surface area contributed by atoms with E-state index in [2.05, 4.69) is 5.32 Å². The molecule has 2 aromatic carbocycles. The molecule has 1 heterocycles. The molecule has 148 valence electrons. The Labute approximate surface area is 163 Å². The average Bonchev–Trinajstić information content (AvgIpc) is 3.02. The summed E-state index contributed by atoms with van der Waals surface area (Å²) in [7, 11) is -7.09. The van der Waals surface area contributed by atoms with Gasteiger partial charge in [-0.1, -0.05) is 12.1 Å². The number of benzene rings is 2. The predicted octanol–water partition coefficient (Wildman–Crippen LogP) is 2.10. The van der Waals surface area contributed by atoms with E-state index in [4.69, 9.17) is 0 Å². The number of hydrogen-bond donors (Lipinski definition) is 1. The minimum atomic E-state index is -3.77. The number of hydrogen-bond acceptors (Lipinski definition) is 6. The SMILES string of the molecule is CC(=O)c1cccc(NC(=O)c2ccc(S(=O)(=O)[C@H]3CCS(=O)(=O)C3)cc2)c1. The zero-order valence-electron chi connectivity index (χ0n) is 15.1. The summed E-state index contributed by atoms with van der Waals surface area (Å²) >= 11 is 0. The third-order valence-corrected chi connectivity index (χ3v) is 8.79. The Kier molecular flexibility index (Phi) is 5.40. The van der Waals surface area contributed by atoms with Crippen molar-refractivity contribution in [3.05, 3.63) is 59.7 Å². The lowest BCUT2D eigenvalue weighted by molar-refractivity contribution is 0.101. The Bertz CT molecular complexity index is 1140. The third kappa shape index (κ3) is 4.31. The van der Waals surface area contributed by atoms with E-state index in [0.29, 0.717) is 11.3 Å². The van der Waals surface area contributed by atoms with Crippen LogP contribution in [0.1, 0.15) is 34.1 Å².